The van der Waals surface area contributed by atoms with Gasteiger partial charge >= 0.3 is 6.09 Å². The van der Waals surface area contributed by atoms with E-state index in [-0.39, 0.29) is 25.3 Å². The van der Waals surface area contributed by atoms with E-state index < -0.39 is 6.09 Å². The van der Waals surface area contributed by atoms with Crippen LogP contribution < -0.4 is 19.7 Å². The second-order valence-electron chi connectivity index (χ2n) is 6.14. The molecule has 2 amide bonds. The highest BCUT2D eigenvalue weighted by atomic mass is 16.7. The topological polar surface area (TPSA) is 77.1 Å². The first kappa shape index (κ1) is 17.0. The highest BCUT2D eigenvalue weighted by molar-refractivity contribution is 5.92. The minimum absolute atomic E-state index is 0.211. The molecule has 7 nitrogen and oxygen atoms in total. The third-order valence-corrected chi connectivity index (χ3v) is 4.27. The quantitative estimate of drug-likeness (QED) is 0.823. The van der Waals surface area contributed by atoms with E-state index in [9.17, 15) is 9.59 Å². The third kappa shape index (κ3) is 3.87. The standard InChI is InChI=1S/C20H18N2O5/c23-19(9-7-14-6-8-17-18(10-14)26-13-25-17)21-11-16-12-22(20(24)27-16)15-4-2-1-3-5-15/h1-10,16H,11-13H2,(H,21,23)/b9-7-/t16-/m1/s1. The van der Waals surface area contributed by atoms with Crippen molar-refractivity contribution in [3.63, 3.8) is 0 Å². The Morgan fingerprint density at radius 2 is 1.96 bits per heavy atom. The zero-order chi connectivity index (χ0) is 18.6. The Balaban J connectivity index is 1.29. The highest BCUT2D eigenvalue weighted by Gasteiger charge is 2.32. The largest absolute Gasteiger partial charge is 0.454 e. The predicted octanol–water partition coefficient (Wildman–Crippen LogP) is 2.57. The maximum absolute atomic E-state index is 12.0. The number of hydrogen-bond donors (Lipinski definition) is 1. The van der Waals surface area contributed by atoms with Gasteiger partial charge in [-0.3, -0.25) is 9.69 Å². The number of fused-ring (bicyclic) bond motifs is 1. The molecule has 1 atom stereocenters. The van der Waals surface area contributed by atoms with Crippen LogP contribution in [0.15, 0.2) is 54.6 Å². The first-order chi connectivity index (χ1) is 13.2. The lowest BCUT2D eigenvalue weighted by atomic mass is 10.2. The highest BCUT2D eigenvalue weighted by Crippen LogP contribution is 2.32. The molecule has 0 radical (unpaired) electrons. The van der Waals surface area contributed by atoms with Crippen molar-refractivity contribution in [1.29, 1.82) is 0 Å². The first-order valence-electron chi connectivity index (χ1n) is 8.58. The van der Waals surface area contributed by atoms with E-state index in [0.717, 1.165) is 11.3 Å². The Morgan fingerprint density at radius 3 is 2.81 bits per heavy atom. The zero-order valence-electron chi connectivity index (χ0n) is 14.5. The number of carbonyl (C=O) groups is 2. The average molecular weight is 366 g/mol. The van der Waals surface area contributed by atoms with Crippen molar-refractivity contribution in [2.75, 3.05) is 24.8 Å². The number of rotatable bonds is 5. The molecular weight excluding hydrogens is 348 g/mol. The maximum Gasteiger partial charge on any atom is 0.414 e. The molecule has 2 aromatic carbocycles. The first-order valence-corrected chi connectivity index (χ1v) is 8.58. The van der Waals surface area contributed by atoms with E-state index in [0.29, 0.717) is 18.0 Å². The Labute approximate surface area is 156 Å². The Hall–Kier alpha value is -3.48. The van der Waals surface area contributed by atoms with Gasteiger partial charge in [0, 0.05) is 11.8 Å². The number of nitrogens with zero attached hydrogens (tertiary/aromatic N) is 1. The van der Waals surface area contributed by atoms with E-state index >= 15 is 0 Å². The van der Waals surface area contributed by atoms with Crippen molar-refractivity contribution in [2.45, 2.75) is 6.10 Å². The van der Waals surface area contributed by atoms with Crippen molar-refractivity contribution >= 4 is 23.8 Å². The molecule has 4 rings (SSSR count). The van der Waals surface area contributed by atoms with Gasteiger partial charge in [0.2, 0.25) is 12.7 Å². The minimum atomic E-state index is -0.406. The molecule has 1 fully saturated rings. The summed E-state index contributed by atoms with van der Waals surface area (Å²) in [5.74, 6) is 1.10. The number of para-hydroxylation sites is 1. The lowest BCUT2D eigenvalue weighted by molar-refractivity contribution is -0.116. The number of benzene rings is 2. The Bertz CT molecular complexity index is 881. The number of nitrogens with one attached hydrogen (secondary N) is 1. The number of hydrogen-bond acceptors (Lipinski definition) is 5. The normalized spacial score (nSPS) is 18.0. The number of cyclic esters (lactones) is 1. The molecule has 27 heavy (non-hydrogen) atoms. The van der Waals surface area contributed by atoms with Gasteiger partial charge in [0.15, 0.2) is 11.5 Å². The molecule has 2 aliphatic heterocycles. The van der Waals surface area contributed by atoms with E-state index in [1.165, 1.54) is 6.08 Å². The number of ether oxygens (including phenoxy) is 3. The van der Waals surface area contributed by atoms with Gasteiger partial charge in [0.05, 0.1) is 13.1 Å². The molecule has 0 aromatic heterocycles. The summed E-state index contributed by atoms with van der Waals surface area (Å²) >= 11 is 0. The summed E-state index contributed by atoms with van der Waals surface area (Å²) < 4.78 is 15.9. The van der Waals surface area contributed by atoms with Gasteiger partial charge in [0.25, 0.3) is 0 Å². The summed E-state index contributed by atoms with van der Waals surface area (Å²) in [7, 11) is 0. The van der Waals surface area contributed by atoms with Crippen LogP contribution in [0.5, 0.6) is 11.5 Å². The summed E-state index contributed by atoms with van der Waals surface area (Å²) in [6, 6.07) is 14.7. The van der Waals surface area contributed by atoms with Gasteiger partial charge in [-0.1, -0.05) is 24.3 Å². The fourth-order valence-corrected chi connectivity index (χ4v) is 2.91. The van der Waals surface area contributed by atoms with Gasteiger partial charge in [-0.15, -0.1) is 0 Å². The van der Waals surface area contributed by atoms with Crippen molar-refractivity contribution in [3.05, 3.63) is 60.2 Å². The molecule has 0 bridgehead atoms. The number of anilines is 1. The molecule has 2 aliphatic rings. The Morgan fingerprint density at radius 1 is 1.15 bits per heavy atom. The Kier molecular flexibility index (Phi) is 4.65. The van der Waals surface area contributed by atoms with Gasteiger partial charge in [0.1, 0.15) is 6.10 Å². The van der Waals surface area contributed by atoms with E-state index in [2.05, 4.69) is 5.32 Å². The lowest BCUT2D eigenvalue weighted by Gasteiger charge is -2.12. The van der Waals surface area contributed by atoms with E-state index in [4.69, 9.17) is 14.2 Å². The van der Waals surface area contributed by atoms with Crippen LogP contribution in [0.2, 0.25) is 0 Å². The van der Waals surface area contributed by atoms with E-state index in [1.807, 2.05) is 42.5 Å². The molecule has 0 aliphatic carbocycles. The van der Waals surface area contributed by atoms with Gasteiger partial charge in [-0.2, -0.15) is 0 Å². The van der Waals surface area contributed by atoms with Crippen LogP contribution in [-0.4, -0.2) is 38.0 Å². The average Bonchev–Trinajstić information content (AvgIpc) is 3.31. The third-order valence-electron chi connectivity index (χ3n) is 4.27. The monoisotopic (exact) mass is 366 g/mol. The molecule has 138 valence electrons. The smallest absolute Gasteiger partial charge is 0.414 e. The van der Waals surface area contributed by atoms with Gasteiger partial charge in [-0.05, 0) is 35.9 Å². The second kappa shape index (κ2) is 7.41. The number of amides is 2. The molecule has 7 heteroatoms. The van der Waals surface area contributed by atoms with Crippen molar-refractivity contribution in [2.24, 2.45) is 0 Å². The van der Waals surface area contributed by atoms with Crippen LogP contribution in [0.3, 0.4) is 0 Å². The molecule has 1 saturated heterocycles. The fraction of sp³-hybridized carbons (Fsp3) is 0.200. The summed E-state index contributed by atoms with van der Waals surface area (Å²) in [6.45, 7) is 0.859. The number of carbonyl (C=O) groups excluding carboxylic acids is 2. The van der Waals surface area contributed by atoms with Crippen LogP contribution in [-0.2, 0) is 9.53 Å². The van der Waals surface area contributed by atoms with Crippen molar-refractivity contribution < 1.29 is 23.8 Å². The summed E-state index contributed by atoms with van der Waals surface area (Å²) in [6.07, 6.45) is 2.33. The fourth-order valence-electron chi connectivity index (χ4n) is 2.91. The minimum Gasteiger partial charge on any atom is -0.454 e. The maximum atomic E-state index is 12.0. The van der Waals surface area contributed by atoms with Crippen molar-refractivity contribution in [1.82, 2.24) is 5.32 Å². The molecule has 0 spiro atoms. The molecule has 2 aromatic rings. The molecular formula is C20H18N2O5. The summed E-state index contributed by atoms with van der Waals surface area (Å²) in [4.78, 5) is 25.6. The SMILES string of the molecule is O=C(/C=C\c1ccc2c(c1)OCO2)NC[C@@H]1CN(c2ccccc2)C(=O)O1. The van der Waals surface area contributed by atoms with Crippen LogP contribution in [0.4, 0.5) is 10.5 Å². The molecule has 2 heterocycles. The molecule has 0 saturated carbocycles. The van der Waals surface area contributed by atoms with E-state index in [1.54, 1.807) is 17.0 Å². The molecule has 0 unspecified atom stereocenters. The molecule has 1 N–H and O–H groups in total. The van der Waals surface area contributed by atoms with Crippen LogP contribution >= 0.6 is 0 Å². The van der Waals surface area contributed by atoms with Crippen LogP contribution in [0, 0.1) is 0 Å². The van der Waals surface area contributed by atoms with Gasteiger partial charge in [-0.25, -0.2) is 4.79 Å². The van der Waals surface area contributed by atoms with Crippen LogP contribution in [0.25, 0.3) is 6.08 Å². The van der Waals surface area contributed by atoms with Crippen molar-refractivity contribution in [3.8, 4) is 11.5 Å². The zero-order valence-corrected chi connectivity index (χ0v) is 14.5. The summed E-state index contributed by atoms with van der Waals surface area (Å²) in [5, 5.41) is 2.75. The predicted molar refractivity (Wildman–Crippen MR) is 98.7 cm³/mol. The van der Waals surface area contributed by atoms with Crippen LogP contribution in [0.1, 0.15) is 5.56 Å². The summed E-state index contributed by atoms with van der Waals surface area (Å²) in [5.41, 5.74) is 1.61. The van der Waals surface area contributed by atoms with Gasteiger partial charge < -0.3 is 19.5 Å². The second-order valence-corrected chi connectivity index (χ2v) is 6.14. The lowest BCUT2D eigenvalue weighted by Crippen LogP contribution is -2.33.